The second-order valence-corrected chi connectivity index (χ2v) is 6.62. The molecule has 0 spiro atoms. The van der Waals surface area contributed by atoms with Gasteiger partial charge >= 0.3 is 0 Å². The molecule has 0 radical (unpaired) electrons. The van der Waals surface area contributed by atoms with Crippen LogP contribution in [0.25, 0.3) is 0 Å². The number of aliphatic imine (C=N–C) groups is 1. The van der Waals surface area contributed by atoms with Gasteiger partial charge in [0.2, 0.25) is 0 Å². The molecule has 0 unspecified atom stereocenters. The Morgan fingerprint density at radius 1 is 1.00 bits per heavy atom. The molecule has 0 fully saturated rings. The highest BCUT2D eigenvalue weighted by Gasteiger charge is 2.01. The summed E-state index contributed by atoms with van der Waals surface area (Å²) in [6, 6.07) is 17.8. The maximum atomic E-state index is 5.71. The fourth-order valence-corrected chi connectivity index (χ4v) is 2.98. The Morgan fingerprint density at radius 2 is 1.85 bits per heavy atom. The molecule has 144 valence electrons. The van der Waals surface area contributed by atoms with E-state index < -0.39 is 0 Å². The van der Waals surface area contributed by atoms with Gasteiger partial charge < -0.3 is 19.8 Å². The Hall–Kier alpha value is -2.00. The van der Waals surface area contributed by atoms with Crippen molar-refractivity contribution >= 4 is 41.3 Å². The fraction of sp³-hybridized carbons (Fsp3) is 0.250. The van der Waals surface area contributed by atoms with Gasteiger partial charge in [-0.25, -0.2) is 4.99 Å². The van der Waals surface area contributed by atoms with E-state index in [-0.39, 0.29) is 24.0 Å². The molecule has 3 aromatic rings. The summed E-state index contributed by atoms with van der Waals surface area (Å²) in [6.45, 7) is 2.66. The van der Waals surface area contributed by atoms with E-state index in [1.54, 1.807) is 17.6 Å². The van der Waals surface area contributed by atoms with Crippen molar-refractivity contribution in [1.29, 1.82) is 0 Å². The van der Waals surface area contributed by atoms with Crippen LogP contribution in [0, 0.1) is 0 Å². The monoisotopic (exact) mass is 497 g/mol. The highest BCUT2D eigenvalue weighted by molar-refractivity contribution is 14.0. The minimum atomic E-state index is 0. The van der Waals surface area contributed by atoms with Gasteiger partial charge in [-0.2, -0.15) is 0 Å². The molecule has 0 atom stereocenters. The number of guanidine groups is 1. The summed E-state index contributed by atoms with van der Waals surface area (Å²) in [6.07, 6.45) is 2.51. The number of para-hydroxylation sites is 1. The lowest BCUT2D eigenvalue weighted by atomic mass is 10.3. The summed E-state index contributed by atoms with van der Waals surface area (Å²) in [4.78, 5) is 5.88. The Bertz CT molecular complexity index is 762. The van der Waals surface area contributed by atoms with E-state index in [1.807, 2.05) is 48.5 Å². The van der Waals surface area contributed by atoms with Crippen LogP contribution in [-0.2, 0) is 13.0 Å². The van der Waals surface area contributed by atoms with Crippen molar-refractivity contribution in [2.75, 3.05) is 19.7 Å². The number of halogens is 1. The van der Waals surface area contributed by atoms with E-state index in [9.17, 15) is 0 Å². The minimum absolute atomic E-state index is 0. The smallest absolute Gasteiger partial charge is 0.191 e. The highest BCUT2D eigenvalue weighted by atomic mass is 127. The van der Waals surface area contributed by atoms with E-state index in [4.69, 9.17) is 9.15 Å². The average molecular weight is 497 g/mol. The van der Waals surface area contributed by atoms with Gasteiger partial charge in [-0.15, -0.1) is 35.3 Å². The van der Waals surface area contributed by atoms with Gasteiger partial charge in [-0.1, -0.05) is 24.3 Å². The molecule has 27 heavy (non-hydrogen) atoms. The van der Waals surface area contributed by atoms with E-state index in [0.29, 0.717) is 19.7 Å². The van der Waals surface area contributed by atoms with Crippen molar-refractivity contribution in [3.05, 3.63) is 76.9 Å². The Kier molecular flexibility index (Phi) is 9.78. The Morgan fingerprint density at radius 3 is 2.59 bits per heavy atom. The number of nitrogens with zero attached hydrogens (tertiary/aromatic N) is 1. The number of furan rings is 1. The molecule has 0 saturated heterocycles. The molecule has 0 aliphatic heterocycles. The van der Waals surface area contributed by atoms with Gasteiger partial charge in [-0.3, -0.25) is 0 Å². The van der Waals surface area contributed by atoms with Crippen LogP contribution in [0.4, 0.5) is 0 Å². The number of benzene rings is 1. The molecule has 5 nitrogen and oxygen atoms in total. The van der Waals surface area contributed by atoms with Crippen LogP contribution < -0.4 is 15.4 Å². The number of nitrogens with one attached hydrogen (secondary N) is 2. The number of ether oxygens (including phenoxy) is 1. The van der Waals surface area contributed by atoms with Crippen molar-refractivity contribution in [3.63, 3.8) is 0 Å². The molecule has 3 rings (SSSR count). The zero-order valence-electron chi connectivity index (χ0n) is 15.0. The van der Waals surface area contributed by atoms with Crippen LogP contribution in [0.15, 0.2) is 75.7 Å². The number of thiophene rings is 1. The first-order chi connectivity index (χ1) is 12.9. The molecular formula is C20H24IN3O2S. The third-order valence-corrected chi connectivity index (χ3v) is 4.48. The lowest BCUT2D eigenvalue weighted by Gasteiger charge is -2.13. The standard InChI is InChI=1S/C20H23N3O2S.HI/c1-2-6-17(7-3-1)25-14-12-22-20(23-16-19-9-5-15-26-19)21-11-10-18-8-4-13-24-18;/h1-9,13,15H,10-12,14,16H2,(H2,21,22,23);1H. The quantitative estimate of drug-likeness (QED) is 0.200. The summed E-state index contributed by atoms with van der Waals surface area (Å²) in [5.74, 6) is 2.61. The number of rotatable bonds is 9. The summed E-state index contributed by atoms with van der Waals surface area (Å²) in [5, 5.41) is 8.73. The third kappa shape index (κ3) is 8.04. The SMILES string of the molecule is I.c1ccc(OCCNC(=NCc2cccs2)NCCc2ccco2)cc1. The molecule has 2 heterocycles. The second kappa shape index (κ2) is 12.4. The summed E-state index contributed by atoms with van der Waals surface area (Å²) < 4.78 is 11.1. The Labute approximate surface area is 180 Å². The third-order valence-electron chi connectivity index (χ3n) is 3.62. The maximum absolute atomic E-state index is 5.71. The van der Waals surface area contributed by atoms with E-state index >= 15 is 0 Å². The molecule has 0 bridgehead atoms. The lowest BCUT2D eigenvalue weighted by molar-refractivity contribution is 0.322. The van der Waals surface area contributed by atoms with Crippen LogP contribution in [0.2, 0.25) is 0 Å². The van der Waals surface area contributed by atoms with E-state index in [1.165, 1.54) is 4.88 Å². The normalized spacial score (nSPS) is 10.9. The summed E-state index contributed by atoms with van der Waals surface area (Å²) in [5.41, 5.74) is 0. The number of hydrogen-bond acceptors (Lipinski definition) is 4. The first-order valence-electron chi connectivity index (χ1n) is 8.65. The van der Waals surface area contributed by atoms with Gasteiger partial charge in [0.25, 0.3) is 0 Å². The maximum Gasteiger partial charge on any atom is 0.191 e. The molecule has 0 aliphatic carbocycles. The van der Waals surface area contributed by atoms with E-state index in [0.717, 1.165) is 30.4 Å². The van der Waals surface area contributed by atoms with Crippen LogP contribution in [-0.4, -0.2) is 25.7 Å². The molecule has 1 aromatic carbocycles. The topological polar surface area (TPSA) is 58.8 Å². The molecule has 0 aliphatic rings. The van der Waals surface area contributed by atoms with Crippen molar-refractivity contribution in [2.24, 2.45) is 4.99 Å². The molecule has 2 N–H and O–H groups in total. The van der Waals surface area contributed by atoms with Crippen molar-refractivity contribution in [1.82, 2.24) is 10.6 Å². The van der Waals surface area contributed by atoms with Crippen LogP contribution >= 0.6 is 35.3 Å². The number of hydrogen-bond donors (Lipinski definition) is 2. The first-order valence-corrected chi connectivity index (χ1v) is 9.53. The molecule has 0 saturated carbocycles. The van der Waals surface area contributed by atoms with Crippen molar-refractivity contribution in [3.8, 4) is 5.75 Å². The minimum Gasteiger partial charge on any atom is -0.492 e. The lowest BCUT2D eigenvalue weighted by Crippen LogP contribution is -2.40. The zero-order valence-corrected chi connectivity index (χ0v) is 18.1. The van der Waals surface area contributed by atoms with Gasteiger partial charge in [0.05, 0.1) is 19.4 Å². The molecule has 0 amide bonds. The molecule has 7 heteroatoms. The predicted molar refractivity (Wildman–Crippen MR) is 121 cm³/mol. The van der Waals surface area contributed by atoms with Gasteiger partial charge in [0.1, 0.15) is 18.1 Å². The highest BCUT2D eigenvalue weighted by Crippen LogP contribution is 2.09. The first kappa shape index (κ1) is 21.3. The van der Waals surface area contributed by atoms with Crippen molar-refractivity contribution < 1.29 is 9.15 Å². The van der Waals surface area contributed by atoms with Gasteiger partial charge in [0, 0.05) is 17.8 Å². The van der Waals surface area contributed by atoms with Crippen LogP contribution in [0.5, 0.6) is 5.75 Å². The van der Waals surface area contributed by atoms with Crippen molar-refractivity contribution in [2.45, 2.75) is 13.0 Å². The van der Waals surface area contributed by atoms with Gasteiger partial charge in [-0.05, 0) is 35.7 Å². The largest absolute Gasteiger partial charge is 0.492 e. The van der Waals surface area contributed by atoms with Gasteiger partial charge in [0.15, 0.2) is 5.96 Å². The van der Waals surface area contributed by atoms with Crippen LogP contribution in [0.3, 0.4) is 0 Å². The Balaban J connectivity index is 0.00000261. The zero-order chi connectivity index (χ0) is 17.9. The molecule has 2 aromatic heterocycles. The fourth-order valence-electron chi connectivity index (χ4n) is 2.35. The summed E-state index contributed by atoms with van der Waals surface area (Å²) in [7, 11) is 0. The van der Waals surface area contributed by atoms with E-state index in [2.05, 4.69) is 27.1 Å². The second-order valence-electron chi connectivity index (χ2n) is 5.59. The average Bonchev–Trinajstić information content (AvgIpc) is 3.37. The predicted octanol–water partition coefficient (Wildman–Crippen LogP) is 4.32. The molecular weight excluding hydrogens is 473 g/mol. The summed E-state index contributed by atoms with van der Waals surface area (Å²) >= 11 is 1.71. The van der Waals surface area contributed by atoms with Crippen LogP contribution in [0.1, 0.15) is 10.6 Å².